The molecule has 2 rings (SSSR count). The van der Waals surface area contributed by atoms with E-state index in [4.69, 9.17) is 0 Å². The SMILES string of the molecule is O=C1CCC(=O)N1OC(=O)C1(C(F)(F)F)CC1. The topological polar surface area (TPSA) is 63.7 Å². The highest BCUT2D eigenvalue weighted by Gasteiger charge is 2.70. The van der Waals surface area contributed by atoms with Crippen LogP contribution in [0.2, 0.25) is 0 Å². The molecule has 0 atom stereocenters. The molecule has 0 bridgehead atoms. The van der Waals surface area contributed by atoms with Crippen molar-refractivity contribution in [2.75, 3.05) is 0 Å². The number of nitrogens with zero attached hydrogens (tertiary/aromatic N) is 1. The van der Waals surface area contributed by atoms with Gasteiger partial charge in [-0.15, -0.1) is 5.06 Å². The molecule has 1 aliphatic carbocycles. The molecule has 1 aliphatic heterocycles. The van der Waals surface area contributed by atoms with Crippen LogP contribution in [-0.4, -0.2) is 29.0 Å². The first kappa shape index (κ1) is 11.9. The Kier molecular flexibility index (Phi) is 2.41. The summed E-state index contributed by atoms with van der Waals surface area (Å²) in [4.78, 5) is 37.7. The maximum absolute atomic E-state index is 12.5. The lowest BCUT2D eigenvalue weighted by molar-refractivity contribution is -0.230. The number of rotatable bonds is 2. The summed E-state index contributed by atoms with van der Waals surface area (Å²) < 4.78 is 37.6. The summed E-state index contributed by atoms with van der Waals surface area (Å²) in [6, 6.07) is 0. The van der Waals surface area contributed by atoms with Crippen LogP contribution in [0.25, 0.3) is 0 Å². The molecule has 2 fully saturated rings. The third kappa shape index (κ3) is 1.77. The molecular weight excluding hydrogens is 243 g/mol. The summed E-state index contributed by atoms with van der Waals surface area (Å²) in [6.45, 7) is 0. The molecule has 0 N–H and O–H groups in total. The summed E-state index contributed by atoms with van der Waals surface area (Å²) >= 11 is 0. The minimum absolute atomic E-state index is 0.133. The van der Waals surface area contributed by atoms with Crippen LogP contribution in [0.4, 0.5) is 13.2 Å². The van der Waals surface area contributed by atoms with E-state index in [0.717, 1.165) is 0 Å². The van der Waals surface area contributed by atoms with Gasteiger partial charge >= 0.3 is 12.1 Å². The Morgan fingerprint density at radius 3 is 2.00 bits per heavy atom. The molecule has 0 spiro atoms. The van der Waals surface area contributed by atoms with Gasteiger partial charge in [0.05, 0.1) is 0 Å². The lowest BCUT2D eigenvalue weighted by Crippen LogP contribution is -2.40. The molecule has 8 heteroatoms. The van der Waals surface area contributed by atoms with Gasteiger partial charge in [0.2, 0.25) is 0 Å². The minimum Gasteiger partial charge on any atom is -0.329 e. The molecular formula is C9H8F3NO4. The molecule has 2 aliphatic rings. The van der Waals surface area contributed by atoms with Crippen LogP contribution < -0.4 is 0 Å². The summed E-state index contributed by atoms with van der Waals surface area (Å²) in [6.07, 6.45) is -5.75. The first-order valence-electron chi connectivity index (χ1n) is 4.93. The molecule has 0 aromatic carbocycles. The number of hydrogen-bond acceptors (Lipinski definition) is 4. The second-order valence-corrected chi connectivity index (χ2v) is 4.04. The van der Waals surface area contributed by atoms with Crippen LogP contribution in [0.1, 0.15) is 25.7 Å². The normalized spacial score (nSPS) is 22.9. The zero-order valence-electron chi connectivity index (χ0n) is 8.54. The molecule has 94 valence electrons. The largest absolute Gasteiger partial charge is 0.405 e. The Hall–Kier alpha value is -1.60. The van der Waals surface area contributed by atoms with Crippen molar-refractivity contribution >= 4 is 17.8 Å². The summed E-state index contributed by atoms with van der Waals surface area (Å²) in [5, 5.41) is 0.133. The standard InChI is InChI=1S/C9H8F3NO4/c10-9(11,12)8(3-4-8)7(16)17-13-5(14)1-2-6(13)15/h1-4H2. The van der Waals surface area contributed by atoms with Gasteiger partial charge in [0.15, 0.2) is 5.41 Å². The maximum Gasteiger partial charge on any atom is 0.405 e. The van der Waals surface area contributed by atoms with E-state index >= 15 is 0 Å². The molecule has 5 nitrogen and oxygen atoms in total. The Bertz CT molecular complexity index is 384. The van der Waals surface area contributed by atoms with Crippen LogP contribution in [0.15, 0.2) is 0 Å². The Labute approximate surface area is 93.5 Å². The van der Waals surface area contributed by atoms with E-state index in [0.29, 0.717) is 0 Å². The number of alkyl halides is 3. The highest BCUT2D eigenvalue weighted by atomic mass is 19.4. The Balaban J connectivity index is 2.08. The lowest BCUT2D eigenvalue weighted by Gasteiger charge is -2.20. The van der Waals surface area contributed by atoms with Crippen LogP contribution >= 0.6 is 0 Å². The third-order valence-corrected chi connectivity index (χ3v) is 2.86. The van der Waals surface area contributed by atoms with Gasteiger partial charge in [0, 0.05) is 12.8 Å². The number of imide groups is 1. The Morgan fingerprint density at radius 2 is 1.65 bits per heavy atom. The first-order chi connectivity index (χ1) is 7.78. The highest BCUT2D eigenvalue weighted by Crippen LogP contribution is 2.58. The van der Waals surface area contributed by atoms with E-state index in [9.17, 15) is 27.6 Å². The van der Waals surface area contributed by atoms with Crippen molar-refractivity contribution in [1.82, 2.24) is 5.06 Å². The second-order valence-electron chi connectivity index (χ2n) is 4.04. The average molecular weight is 251 g/mol. The fourth-order valence-electron chi connectivity index (χ4n) is 1.56. The quantitative estimate of drug-likeness (QED) is 0.685. The van der Waals surface area contributed by atoms with Crippen molar-refractivity contribution in [3.8, 4) is 0 Å². The molecule has 17 heavy (non-hydrogen) atoms. The minimum atomic E-state index is -4.71. The molecule has 1 saturated carbocycles. The fourth-order valence-corrected chi connectivity index (χ4v) is 1.56. The number of hydrogen-bond donors (Lipinski definition) is 0. The molecule has 0 aromatic rings. The van der Waals surface area contributed by atoms with Crippen molar-refractivity contribution in [1.29, 1.82) is 0 Å². The molecule has 0 aromatic heterocycles. The monoisotopic (exact) mass is 251 g/mol. The summed E-state index contributed by atoms with van der Waals surface area (Å²) in [7, 11) is 0. The van der Waals surface area contributed by atoms with Crippen molar-refractivity contribution in [3.63, 3.8) is 0 Å². The molecule has 1 heterocycles. The van der Waals surface area contributed by atoms with Crippen LogP contribution in [-0.2, 0) is 19.2 Å². The second kappa shape index (κ2) is 3.44. The third-order valence-electron chi connectivity index (χ3n) is 2.86. The van der Waals surface area contributed by atoms with Gasteiger partial charge in [-0.05, 0) is 12.8 Å². The van der Waals surface area contributed by atoms with E-state index in [1.807, 2.05) is 0 Å². The average Bonchev–Trinajstić information content (AvgIpc) is 2.96. The molecule has 2 amide bonds. The van der Waals surface area contributed by atoms with Gasteiger partial charge in [-0.3, -0.25) is 9.59 Å². The van der Waals surface area contributed by atoms with E-state index in [2.05, 4.69) is 4.84 Å². The Morgan fingerprint density at radius 1 is 1.18 bits per heavy atom. The number of carbonyl (C=O) groups excluding carboxylic acids is 3. The fraction of sp³-hybridized carbons (Fsp3) is 0.667. The van der Waals surface area contributed by atoms with Crippen molar-refractivity contribution in [2.45, 2.75) is 31.9 Å². The predicted molar refractivity (Wildman–Crippen MR) is 44.9 cm³/mol. The van der Waals surface area contributed by atoms with Gasteiger partial charge in [-0.2, -0.15) is 13.2 Å². The maximum atomic E-state index is 12.5. The van der Waals surface area contributed by atoms with Gasteiger partial charge in [0.25, 0.3) is 11.8 Å². The van der Waals surface area contributed by atoms with Crippen molar-refractivity contribution < 1.29 is 32.4 Å². The van der Waals surface area contributed by atoms with Crippen molar-refractivity contribution in [2.24, 2.45) is 5.41 Å². The van der Waals surface area contributed by atoms with E-state index in [-0.39, 0.29) is 30.7 Å². The number of hydroxylamine groups is 2. The van der Waals surface area contributed by atoms with Gasteiger partial charge in [0.1, 0.15) is 0 Å². The van der Waals surface area contributed by atoms with Crippen LogP contribution in [0.3, 0.4) is 0 Å². The van der Waals surface area contributed by atoms with Crippen molar-refractivity contribution in [3.05, 3.63) is 0 Å². The molecule has 1 saturated heterocycles. The van der Waals surface area contributed by atoms with Crippen LogP contribution in [0.5, 0.6) is 0 Å². The smallest absolute Gasteiger partial charge is 0.329 e. The van der Waals surface area contributed by atoms with Crippen LogP contribution in [0, 0.1) is 5.41 Å². The van der Waals surface area contributed by atoms with Gasteiger partial charge in [-0.25, -0.2) is 4.79 Å². The first-order valence-corrected chi connectivity index (χ1v) is 4.93. The van der Waals surface area contributed by atoms with E-state index in [1.165, 1.54) is 0 Å². The molecule has 0 unspecified atom stereocenters. The zero-order chi connectivity index (χ0) is 12.8. The highest BCUT2D eigenvalue weighted by molar-refractivity contribution is 6.02. The van der Waals surface area contributed by atoms with E-state index < -0.39 is 29.4 Å². The van der Waals surface area contributed by atoms with Gasteiger partial charge < -0.3 is 4.84 Å². The number of halogens is 3. The summed E-state index contributed by atoms with van der Waals surface area (Å²) in [5.74, 6) is -3.16. The van der Waals surface area contributed by atoms with E-state index in [1.54, 1.807) is 0 Å². The number of amides is 2. The summed E-state index contributed by atoms with van der Waals surface area (Å²) in [5.41, 5.74) is -2.53. The zero-order valence-corrected chi connectivity index (χ0v) is 8.54. The predicted octanol–water partition coefficient (Wildman–Crippen LogP) is 0.936. The molecule has 0 radical (unpaired) electrons. The van der Waals surface area contributed by atoms with Gasteiger partial charge in [-0.1, -0.05) is 0 Å². The number of carbonyl (C=O) groups is 3. The lowest BCUT2D eigenvalue weighted by atomic mass is 10.1.